The highest BCUT2D eigenvalue weighted by Gasteiger charge is 2.22. The summed E-state index contributed by atoms with van der Waals surface area (Å²) in [6, 6.07) is 0.338. The Morgan fingerprint density at radius 2 is 1.72 bits per heavy atom. The molecule has 0 fully saturated rings. The Hall–Kier alpha value is -0.570. The fraction of sp³-hybridized carbons (Fsp3) is 0.933. The lowest BCUT2D eigenvalue weighted by atomic mass is 10.1. The van der Waals surface area contributed by atoms with Gasteiger partial charge in [0, 0.05) is 13.1 Å². The highest BCUT2D eigenvalue weighted by molar-refractivity contribution is 5.81. The number of unbranched alkanes of at least 4 members (excludes halogenated alkanes) is 3. The van der Waals surface area contributed by atoms with Gasteiger partial charge >= 0.3 is 0 Å². The SMILES string of the molecule is CCCCC[C@H](NC)C(=O)N(C)[C@H](C)CCCC. The van der Waals surface area contributed by atoms with Crippen molar-refractivity contribution in [1.29, 1.82) is 0 Å². The molecule has 0 aromatic rings. The van der Waals surface area contributed by atoms with E-state index in [0.717, 1.165) is 19.3 Å². The quantitative estimate of drug-likeness (QED) is 0.609. The van der Waals surface area contributed by atoms with E-state index in [4.69, 9.17) is 0 Å². The van der Waals surface area contributed by atoms with Gasteiger partial charge in [0.2, 0.25) is 5.91 Å². The van der Waals surface area contributed by atoms with E-state index in [0.29, 0.717) is 6.04 Å². The lowest BCUT2D eigenvalue weighted by molar-refractivity contribution is -0.134. The molecule has 3 heteroatoms. The van der Waals surface area contributed by atoms with Gasteiger partial charge in [0.1, 0.15) is 0 Å². The van der Waals surface area contributed by atoms with Crippen molar-refractivity contribution in [1.82, 2.24) is 10.2 Å². The molecule has 0 saturated heterocycles. The number of carbonyl (C=O) groups is 1. The number of nitrogens with zero attached hydrogens (tertiary/aromatic N) is 1. The zero-order valence-electron chi connectivity index (χ0n) is 13.0. The summed E-state index contributed by atoms with van der Waals surface area (Å²) in [4.78, 5) is 14.3. The summed E-state index contributed by atoms with van der Waals surface area (Å²) in [6.07, 6.45) is 7.98. The van der Waals surface area contributed by atoms with Crippen LogP contribution in [0, 0.1) is 0 Å². The second-order valence-corrected chi connectivity index (χ2v) is 5.28. The van der Waals surface area contributed by atoms with Crippen LogP contribution in [0.2, 0.25) is 0 Å². The van der Waals surface area contributed by atoms with Crippen molar-refractivity contribution in [2.24, 2.45) is 0 Å². The first kappa shape index (κ1) is 17.4. The van der Waals surface area contributed by atoms with E-state index < -0.39 is 0 Å². The molecule has 18 heavy (non-hydrogen) atoms. The maximum atomic E-state index is 12.3. The molecule has 0 aromatic carbocycles. The first-order valence-electron chi connectivity index (χ1n) is 7.52. The first-order valence-corrected chi connectivity index (χ1v) is 7.52. The zero-order valence-corrected chi connectivity index (χ0v) is 13.0. The molecule has 2 atom stereocenters. The molecule has 1 N–H and O–H groups in total. The van der Waals surface area contributed by atoms with Crippen molar-refractivity contribution >= 4 is 5.91 Å². The number of amides is 1. The Labute approximate surface area is 113 Å². The van der Waals surface area contributed by atoms with Gasteiger partial charge in [-0.25, -0.2) is 0 Å². The molecule has 0 saturated carbocycles. The van der Waals surface area contributed by atoms with E-state index in [2.05, 4.69) is 26.1 Å². The minimum Gasteiger partial charge on any atom is -0.342 e. The number of rotatable bonds is 10. The van der Waals surface area contributed by atoms with Crippen LogP contribution < -0.4 is 5.32 Å². The van der Waals surface area contributed by atoms with Crippen LogP contribution in [0.25, 0.3) is 0 Å². The van der Waals surface area contributed by atoms with Gasteiger partial charge in [0.25, 0.3) is 0 Å². The molecule has 0 aliphatic heterocycles. The summed E-state index contributed by atoms with van der Waals surface area (Å²) >= 11 is 0. The van der Waals surface area contributed by atoms with Gasteiger partial charge in [-0.15, -0.1) is 0 Å². The first-order chi connectivity index (χ1) is 8.58. The second kappa shape index (κ2) is 10.4. The van der Waals surface area contributed by atoms with Crippen LogP contribution in [0.15, 0.2) is 0 Å². The fourth-order valence-corrected chi connectivity index (χ4v) is 2.15. The molecule has 0 aliphatic rings. The number of hydrogen-bond acceptors (Lipinski definition) is 2. The molecule has 3 nitrogen and oxygen atoms in total. The average Bonchev–Trinajstić information content (AvgIpc) is 2.39. The molecular formula is C15H32N2O. The highest BCUT2D eigenvalue weighted by atomic mass is 16.2. The van der Waals surface area contributed by atoms with E-state index in [1.807, 2.05) is 19.0 Å². The zero-order chi connectivity index (χ0) is 14.0. The van der Waals surface area contributed by atoms with E-state index in [1.54, 1.807) is 0 Å². The van der Waals surface area contributed by atoms with Gasteiger partial charge in [-0.3, -0.25) is 4.79 Å². The molecule has 0 bridgehead atoms. The van der Waals surface area contributed by atoms with Crippen molar-refractivity contribution in [3.05, 3.63) is 0 Å². The Morgan fingerprint density at radius 3 is 2.22 bits per heavy atom. The predicted octanol–water partition coefficient (Wildman–Crippen LogP) is 3.19. The van der Waals surface area contributed by atoms with E-state index >= 15 is 0 Å². The van der Waals surface area contributed by atoms with Crippen LogP contribution in [0.1, 0.15) is 65.7 Å². The summed E-state index contributed by atoms with van der Waals surface area (Å²) < 4.78 is 0. The topological polar surface area (TPSA) is 32.3 Å². The predicted molar refractivity (Wildman–Crippen MR) is 78.7 cm³/mol. The van der Waals surface area contributed by atoms with Crippen LogP contribution in [0.3, 0.4) is 0 Å². The van der Waals surface area contributed by atoms with Gasteiger partial charge in [-0.1, -0.05) is 46.0 Å². The summed E-state index contributed by atoms with van der Waals surface area (Å²) in [5.74, 6) is 0.247. The molecule has 108 valence electrons. The summed E-state index contributed by atoms with van der Waals surface area (Å²) in [5, 5.41) is 3.16. The van der Waals surface area contributed by atoms with Gasteiger partial charge in [0.05, 0.1) is 6.04 Å². The molecular weight excluding hydrogens is 224 g/mol. The molecule has 0 aliphatic carbocycles. The molecule has 0 aromatic heterocycles. The summed E-state index contributed by atoms with van der Waals surface area (Å²) in [6.45, 7) is 6.52. The standard InChI is InChI=1S/C15H32N2O/c1-6-8-10-12-14(16-4)15(18)17(5)13(3)11-9-7-2/h13-14,16H,6-12H2,1-5H3/t13-,14+/m1/s1. The highest BCUT2D eigenvalue weighted by Crippen LogP contribution is 2.11. The summed E-state index contributed by atoms with van der Waals surface area (Å²) in [7, 11) is 3.83. The third-order valence-electron chi connectivity index (χ3n) is 3.73. The van der Waals surface area contributed by atoms with E-state index in [1.165, 1.54) is 25.7 Å². The van der Waals surface area contributed by atoms with Crippen LogP contribution in [0.4, 0.5) is 0 Å². The van der Waals surface area contributed by atoms with Crippen molar-refractivity contribution < 1.29 is 4.79 Å². The number of carbonyl (C=O) groups excluding carboxylic acids is 1. The van der Waals surface area contributed by atoms with Gasteiger partial charge in [0.15, 0.2) is 0 Å². The number of nitrogens with one attached hydrogen (secondary N) is 1. The molecule has 0 unspecified atom stereocenters. The smallest absolute Gasteiger partial charge is 0.239 e. The summed E-state index contributed by atoms with van der Waals surface area (Å²) in [5.41, 5.74) is 0. The molecule has 0 rings (SSSR count). The lowest BCUT2D eigenvalue weighted by Gasteiger charge is -2.29. The Morgan fingerprint density at radius 1 is 1.11 bits per heavy atom. The van der Waals surface area contributed by atoms with Crippen molar-refractivity contribution in [3.63, 3.8) is 0 Å². The van der Waals surface area contributed by atoms with Crippen LogP contribution in [-0.2, 0) is 4.79 Å². The Bertz CT molecular complexity index is 215. The van der Waals surface area contributed by atoms with Crippen molar-refractivity contribution in [3.8, 4) is 0 Å². The fourth-order valence-electron chi connectivity index (χ4n) is 2.15. The largest absolute Gasteiger partial charge is 0.342 e. The van der Waals surface area contributed by atoms with E-state index in [9.17, 15) is 4.79 Å². The van der Waals surface area contributed by atoms with Crippen LogP contribution in [-0.4, -0.2) is 37.0 Å². The maximum absolute atomic E-state index is 12.3. The Balaban J connectivity index is 4.20. The maximum Gasteiger partial charge on any atom is 0.239 e. The Kier molecular flexibility index (Phi) is 10.0. The van der Waals surface area contributed by atoms with Crippen molar-refractivity contribution in [2.45, 2.75) is 77.8 Å². The third kappa shape index (κ3) is 6.39. The monoisotopic (exact) mass is 256 g/mol. The van der Waals surface area contributed by atoms with Gasteiger partial charge < -0.3 is 10.2 Å². The van der Waals surface area contributed by atoms with Crippen LogP contribution >= 0.6 is 0 Å². The van der Waals surface area contributed by atoms with Crippen molar-refractivity contribution in [2.75, 3.05) is 14.1 Å². The minimum absolute atomic E-state index is 0.00868. The van der Waals surface area contributed by atoms with Gasteiger partial charge in [-0.2, -0.15) is 0 Å². The number of likely N-dealkylation sites (N-methyl/N-ethyl adjacent to an activating group) is 2. The van der Waals surface area contributed by atoms with Gasteiger partial charge in [-0.05, 0) is 26.8 Å². The molecule has 1 amide bonds. The molecule has 0 spiro atoms. The number of hydrogen-bond donors (Lipinski definition) is 1. The normalized spacial score (nSPS) is 14.3. The lowest BCUT2D eigenvalue weighted by Crippen LogP contribution is -2.46. The molecule has 0 radical (unpaired) electrons. The average molecular weight is 256 g/mol. The third-order valence-corrected chi connectivity index (χ3v) is 3.73. The molecule has 0 heterocycles. The van der Waals surface area contributed by atoms with Crippen LogP contribution in [0.5, 0.6) is 0 Å². The van der Waals surface area contributed by atoms with E-state index in [-0.39, 0.29) is 11.9 Å². The second-order valence-electron chi connectivity index (χ2n) is 5.28. The minimum atomic E-state index is -0.00868.